The quantitative estimate of drug-likeness (QED) is 0.495. The molecule has 0 aliphatic rings. The summed E-state index contributed by atoms with van der Waals surface area (Å²) in [5, 5.41) is 10.8. The van der Waals surface area contributed by atoms with Crippen molar-refractivity contribution in [2.45, 2.75) is 39.2 Å². The number of hydrogen-bond acceptors (Lipinski definition) is 5. The molecule has 94 valence electrons. The van der Waals surface area contributed by atoms with Crippen LogP contribution in [-0.2, 0) is 6.42 Å². The Balaban J connectivity index is 3.00. The van der Waals surface area contributed by atoms with Crippen LogP contribution in [0.3, 0.4) is 0 Å². The van der Waals surface area contributed by atoms with E-state index in [9.17, 15) is 10.1 Å². The molecule has 1 rings (SSSR count). The highest BCUT2D eigenvalue weighted by molar-refractivity contribution is 6.31. The Morgan fingerprint density at radius 3 is 2.71 bits per heavy atom. The van der Waals surface area contributed by atoms with E-state index in [2.05, 4.69) is 9.97 Å². The first-order valence-corrected chi connectivity index (χ1v) is 5.76. The lowest BCUT2D eigenvalue weighted by Crippen LogP contribution is -2.19. The molecule has 6 nitrogen and oxygen atoms in total. The van der Waals surface area contributed by atoms with Gasteiger partial charge in [-0.1, -0.05) is 18.5 Å². The van der Waals surface area contributed by atoms with Crippen molar-refractivity contribution in [3.63, 3.8) is 0 Å². The average Bonchev–Trinajstić information content (AvgIpc) is 2.24. The normalized spacial score (nSPS) is 12.5. The Labute approximate surface area is 104 Å². The van der Waals surface area contributed by atoms with Crippen LogP contribution in [0.5, 0.6) is 0 Å². The van der Waals surface area contributed by atoms with E-state index >= 15 is 0 Å². The van der Waals surface area contributed by atoms with Gasteiger partial charge < -0.3 is 5.73 Å². The van der Waals surface area contributed by atoms with Crippen molar-refractivity contribution in [1.29, 1.82) is 0 Å². The number of nitrogens with zero attached hydrogens (tertiary/aromatic N) is 3. The predicted molar refractivity (Wildman–Crippen MR) is 65.0 cm³/mol. The maximum atomic E-state index is 10.9. The molecule has 0 aliphatic carbocycles. The Morgan fingerprint density at radius 2 is 2.18 bits per heavy atom. The van der Waals surface area contributed by atoms with Crippen molar-refractivity contribution in [3.05, 3.63) is 26.8 Å². The number of hydrogen-bond donors (Lipinski definition) is 1. The Kier molecular flexibility index (Phi) is 4.77. The Bertz CT molecular complexity index is 425. The van der Waals surface area contributed by atoms with Crippen molar-refractivity contribution < 1.29 is 4.92 Å². The lowest BCUT2D eigenvalue weighted by Gasteiger charge is -2.08. The number of nitro groups is 1. The largest absolute Gasteiger partial charge is 0.328 e. The topological polar surface area (TPSA) is 94.9 Å². The molecule has 0 spiro atoms. The zero-order valence-electron chi connectivity index (χ0n) is 9.81. The van der Waals surface area contributed by atoms with E-state index in [1.54, 1.807) is 6.92 Å². The molecule has 1 aromatic rings. The first kappa shape index (κ1) is 13.8. The third kappa shape index (κ3) is 3.61. The van der Waals surface area contributed by atoms with Gasteiger partial charge in [-0.05, 0) is 26.2 Å². The summed E-state index contributed by atoms with van der Waals surface area (Å²) in [4.78, 5) is 18.2. The van der Waals surface area contributed by atoms with Gasteiger partial charge in [0.25, 0.3) is 0 Å². The molecule has 0 aromatic carbocycles. The minimum Gasteiger partial charge on any atom is -0.328 e. The zero-order chi connectivity index (χ0) is 13.0. The average molecular weight is 259 g/mol. The molecule has 1 heterocycles. The standard InChI is InChI=1S/C10H15ClN4O2/c1-3-7(12)4-5-8-9(15(16)17)10(11)14-6(2)13-8/h7H,3-5,12H2,1-2H3. The fourth-order valence-electron chi connectivity index (χ4n) is 1.47. The fraction of sp³-hybridized carbons (Fsp3) is 0.600. The van der Waals surface area contributed by atoms with E-state index < -0.39 is 4.92 Å². The summed E-state index contributed by atoms with van der Waals surface area (Å²) in [5.74, 6) is 0.431. The molecule has 0 fully saturated rings. The van der Waals surface area contributed by atoms with Crippen LogP contribution in [0.4, 0.5) is 5.69 Å². The van der Waals surface area contributed by atoms with Gasteiger partial charge in [0.1, 0.15) is 11.5 Å². The minimum atomic E-state index is -0.547. The first-order valence-electron chi connectivity index (χ1n) is 5.38. The molecule has 0 amide bonds. The molecule has 7 heteroatoms. The van der Waals surface area contributed by atoms with Gasteiger partial charge in [0, 0.05) is 6.04 Å². The van der Waals surface area contributed by atoms with Crippen LogP contribution < -0.4 is 5.73 Å². The van der Waals surface area contributed by atoms with Crippen LogP contribution in [0, 0.1) is 17.0 Å². The van der Waals surface area contributed by atoms with Crippen molar-refractivity contribution in [3.8, 4) is 0 Å². The van der Waals surface area contributed by atoms with E-state index in [4.69, 9.17) is 17.3 Å². The lowest BCUT2D eigenvalue weighted by atomic mass is 10.1. The number of aryl methyl sites for hydroxylation is 2. The van der Waals surface area contributed by atoms with Gasteiger partial charge in [0.05, 0.1) is 4.92 Å². The maximum absolute atomic E-state index is 10.9. The van der Waals surface area contributed by atoms with Crippen LogP contribution >= 0.6 is 11.6 Å². The smallest absolute Gasteiger partial charge is 0.327 e. The lowest BCUT2D eigenvalue weighted by molar-refractivity contribution is -0.386. The van der Waals surface area contributed by atoms with Crippen LogP contribution in [0.15, 0.2) is 0 Å². The fourth-order valence-corrected chi connectivity index (χ4v) is 1.77. The SMILES string of the molecule is CCC(N)CCc1nc(C)nc(Cl)c1[N+](=O)[O-]. The van der Waals surface area contributed by atoms with Crippen molar-refractivity contribution in [1.82, 2.24) is 9.97 Å². The molecule has 17 heavy (non-hydrogen) atoms. The van der Waals surface area contributed by atoms with Gasteiger partial charge in [-0.2, -0.15) is 0 Å². The van der Waals surface area contributed by atoms with Crippen LogP contribution in [0.25, 0.3) is 0 Å². The Morgan fingerprint density at radius 1 is 1.53 bits per heavy atom. The molecular weight excluding hydrogens is 244 g/mol. The van der Waals surface area contributed by atoms with Crippen LogP contribution in [0.2, 0.25) is 5.15 Å². The Hall–Kier alpha value is -1.27. The molecule has 0 saturated carbocycles. The third-order valence-electron chi connectivity index (χ3n) is 2.48. The van der Waals surface area contributed by atoms with Crippen LogP contribution in [0.1, 0.15) is 31.3 Å². The number of rotatable bonds is 5. The summed E-state index contributed by atoms with van der Waals surface area (Å²) in [6, 6.07) is 0.0173. The van der Waals surface area contributed by atoms with E-state index in [-0.39, 0.29) is 16.9 Å². The van der Waals surface area contributed by atoms with Crippen LogP contribution in [-0.4, -0.2) is 20.9 Å². The monoisotopic (exact) mass is 258 g/mol. The first-order chi connectivity index (χ1) is 7.95. The van der Waals surface area contributed by atoms with Crippen molar-refractivity contribution in [2.75, 3.05) is 0 Å². The maximum Gasteiger partial charge on any atom is 0.327 e. The third-order valence-corrected chi connectivity index (χ3v) is 2.75. The second-order valence-corrected chi connectivity index (χ2v) is 4.18. The highest BCUT2D eigenvalue weighted by Gasteiger charge is 2.22. The summed E-state index contributed by atoms with van der Waals surface area (Å²) in [5.41, 5.74) is 5.93. The van der Waals surface area contributed by atoms with Crippen molar-refractivity contribution in [2.24, 2.45) is 5.73 Å². The molecule has 0 radical (unpaired) electrons. The van der Waals surface area contributed by atoms with Gasteiger partial charge in [0.2, 0.25) is 5.15 Å². The summed E-state index contributed by atoms with van der Waals surface area (Å²) in [6.45, 7) is 3.62. The molecule has 0 aliphatic heterocycles. The minimum absolute atomic E-state index is 0.0173. The van der Waals surface area contributed by atoms with Gasteiger partial charge in [-0.3, -0.25) is 10.1 Å². The molecule has 0 bridgehead atoms. The molecular formula is C10H15ClN4O2. The molecule has 1 atom stereocenters. The van der Waals surface area contributed by atoms with E-state index in [0.717, 1.165) is 6.42 Å². The van der Waals surface area contributed by atoms with Crippen molar-refractivity contribution >= 4 is 17.3 Å². The highest BCUT2D eigenvalue weighted by Crippen LogP contribution is 2.26. The molecule has 1 aromatic heterocycles. The zero-order valence-corrected chi connectivity index (χ0v) is 10.6. The van der Waals surface area contributed by atoms with Gasteiger partial charge >= 0.3 is 5.69 Å². The predicted octanol–water partition coefficient (Wildman–Crippen LogP) is 2.02. The van der Waals surface area contributed by atoms with Gasteiger partial charge in [0.15, 0.2) is 0 Å². The van der Waals surface area contributed by atoms with E-state index in [1.165, 1.54) is 0 Å². The number of aromatic nitrogens is 2. The van der Waals surface area contributed by atoms with Gasteiger partial charge in [-0.15, -0.1) is 0 Å². The highest BCUT2D eigenvalue weighted by atomic mass is 35.5. The molecule has 1 unspecified atom stereocenters. The molecule has 0 saturated heterocycles. The summed E-state index contributed by atoms with van der Waals surface area (Å²) in [7, 11) is 0. The number of halogens is 1. The summed E-state index contributed by atoms with van der Waals surface area (Å²) < 4.78 is 0. The van der Waals surface area contributed by atoms with E-state index in [0.29, 0.717) is 24.4 Å². The summed E-state index contributed by atoms with van der Waals surface area (Å²) >= 11 is 5.75. The summed E-state index contributed by atoms with van der Waals surface area (Å²) in [6.07, 6.45) is 1.91. The molecule has 2 N–H and O–H groups in total. The van der Waals surface area contributed by atoms with E-state index in [1.807, 2.05) is 6.92 Å². The number of nitrogens with two attached hydrogens (primary N) is 1. The second-order valence-electron chi connectivity index (χ2n) is 3.82. The van der Waals surface area contributed by atoms with Gasteiger partial charge in [-0.25, -0.2) is 9.97 Å². The second kappa shape index (κ2) is 5.88.